The fourth-order valence-electron chi connectivity index (χ4n) is 8.49. The molecule has 1 heterocycles. The molecule has 0 atom stereocenters. The van der Waals surface area contributed by atoms with Crippen molar-refractivity contribution < 1.29 is 0 Å². The van der Waals surface area contributed by atoms with Gasteiger partial charge in [-0.15, -0.1) is 0 Å². The molecule has 9 rings (SSSR count). The number of aryl methyl sites for hydroxylation is 1. The van der Waals surface area contributed by atoms with E-state index in [-0.39, 0.29) is 0 Å². The summed E-state index contributed by atoms with van der Waals surface area (Å²) in [6, 6.07) is 38.4. The molecule has 54 heavy (non-hydrogen) atoms. The Labute approximate surface area is 324 Å². The number of nitrogens with zero attached hydrogens (tertiary/aromatic N) is 1. The molecule has 0 fully saturated rings. The lowest BCUT2D eigenvalue weighted by molar-refractivity contribution is 0.970. The van der Waals surface area contributed by atoms with Crippen molar-refractivity contribution in [1.29, 1.82) is 0 Å². The van der Waals surface area contributed by atoms with Crippen LogP contribution in [0.5, 0.6) is 0 Å². The van der Waals surface area contributed by atoms with E-state index in [0.29, 0.717) is 0 Å². The van der Waals surface area contributed by atoms with Crippen molar-refractivity contribution in [3.63, 3.8) is 0 Å². The Hall–Kier alpha value is -5.40. The molecular weight excluding hydrogens is 651 g/mol. The SMILES string of the molecule is C=Cc1c(CC)c2ccccc2n1-c1ccc(-c2c3c(c(-c4ccc5ccccc5c4)c4ccccc24)CCC=C3)c2c1C=CCC2.CC.CC.CCC. The first-order chi connectivity index (χ1) is 26.7. The van der Waals surface area contributed by atoms with Gasteiger partial charge in [-0.25, -0.2) is 0 Å². The molecule has 1 nitrogen and oxygen atoms in total. The highest BCUT2D eigenvalue weighted by Crippen LogP contribution is 2.47. The van der Waals surface area contributed by atoms with Gasteiger partial charge in [0.2, 0.25) is 0 Å². The van der Waals surface area contributed by atoms with Gasteiger partial charge in [-0.1, -0.05) is 171 Å². The normalized spacial score (nSPS) is 12.5. The summed E-state index contributed by atoms with van der Waals surface area (Å²) in [5.41, 5.74) is 16.1. The number of rotatable bonds is 5. The van der Waals surface area contributed by atoms with Crippen molar-refractivity contribution in [2.75, 3.05) is 0 Å². The first-order valence-electron chi connectivity index (χ1n) is 20.5. The Kier molecular flexibility index (Phi) is 12.5. The largest absolute Gasteiger partial charge is 0.309 e. The highest BCUT2D eigenvalue weighted by atomic mass is 15.0. The number of hydrogen-bond acceptors (Lipinski definition) is 0. The van der Waals surface area contributed by atoms with Gasteiger partial charge in [0, 0.05) is 16.6 Å². The van der Waals surface area contributed by atoms with Crippen LogP contribution in [0, 0.1) is 0 Å². The third kappa shape index (κ3) is 6.77. The lowest BCUT2D eigenvalue weighted by Gasteiger charge is -2.27. The highest BCUT2D eigenvalue weighted by molar-refractivity contribution is 6.11. The summed E-state index contributed by atoms with van der Waals surface area (Å²) in [4.78, 5) is 0. The molecule has 0 amide bonds. The second-order valence-corrected chi connectivity index (χ2v) is 13.6. The summed E-state index contributed by atoms with van der Waals surface area (Å²) in [6.45, 7) is 18.8. The Bertz CT molecular complexity index is 2480. The van der Waals surface area contributed by atoms with Gasteiger partial charge in [0.25, 0.3) is 0 Å². The van der Waals surface area contributed by atoms with E-state index in [2.05, 4.69) is 159 Å². The number of para-hydroxylation sites is 1. The lowest BCUT2D eigenvalue weighted by Crippen LogP contribution is -2.08. The van der Waals surface area contributed by atoms with Crippen LogP contribution in [-0.2, 0) is 19.3 Å². The summed E-state index contributed by atoms with van der Waals surface area (Å²) >= 11 is 0. The maximum atomic E-state index is 4.28. The standard InChI is InChI=1S/C46H37N.C3H8.2C2H6/c1-3-33-35-18-13-14-24-43(35)47(42(33)4-2)44-28-27-41(34-17-7-8-19-36(34)44)46-39-22-11-9-20-37(39)45(38-21-10-12-23-40(38)46)32-26-25-30-15-5-6-16-31(30)29-32;1-3-2;2*1-2/h4-6,8-9,11-16,18-20,22-29H,2-3,7,10,17,21H2,1H3;3H2,1-2H3;2*1-2H3. The van der Waals surface area contributed by atoms with Crippen molar-refractivity contribution in [2.45, 2.75) is 87.0 Å². The van der Waals surface area contributed by atoms with Crippen LogP contribution in [0.25, 0.3) is 78.6 Å². The van der Waals surface area contributed by atoms with E-state index >= 15 is 0 Å². The predicted octanol–water partition coefficient (Wildman–Crippen LogP) is 15.9. The van der Waals surface area contributed by atoms with E-state index in [4.69, 9.17) is 0 Å². The van der Waals surface area contributed by atoms with Crippen molar-refractivity contribution >= 4 is 50.7 Å². The summed E-state index contributed by atoms with van der Waals surface area (Å²) < 4.78 is 2.45. The molecule has 0 bridgehead atoms. The molecule has 2 aliphatic carbocycles. The Morgan fingerprint density at radius 3 is 1.89 bits per heavy atom. The van der Waals surface area contributed by atoms with Crippen molar-refractivity contribution in [3.05, 3.63) is 155 Å². The van der Waals surface area contributed by atoms with Gasteiger partial charge in [0.1, 0.15) is 0 Å². The molecule has 274 valence electrons. The molecular formula is C53H57N. The first kappa shape index (κ1) is 38.3. The first-order valence-corrected chi connectivity index (χ1v) is 20.5. The van der Waals surface area contributed by atoms with Crippen LogP contribution in [0.2, 0.25) is 0 Å². The Balaban J connectivity index is 0.000000669. The minimum absolute atomic E-state index is 0.971. The van der Waals surface area contributed by atoms with Crippen LogP contribution in [-0.4, -0.2) is 4.57 Å². The molecule has 0 unspecified atom stereocenters. The summed E-state index contributed by atoms with van der Waals surface area (Å²) in [6.07, 6.45) is 18.0. The quantitative estimate of drug-likeness (QED) is 0.168. The number of allylic oxidation sites excluding steroid dienone is 2. The molecule has 0 saturated carbocycles. The maximum absolute atomic E-state index is 4.28. The van der Waals surface area contributed by atoms with E-state index in [1.807, 2.05) is 33.8 Å². The third-order valence-electron chi connectivity index (χ3n) is 10.5. The zero-order valence-electron chi connectivity index (χ0n) is 33.6. The fraction of sp³-hybridized carbons (Fsp3) is 0.245. The molecule has 0 spiro atoms. The summed E-state index contributed by atoms with van der Waals surface area (Å²) in [7, 11) is 0. The number of aromatic nitrogens is 1. The van der Waals surface area contributed by atoms with Crippen LogP contribution in [0.1, 0.15) is 101 Å². The van der Waals surface area contributed by atoms with Gasteiger partial charge < -0.3 is 4.57 Å². The van der Waals surface area contributed by atoms with Crippen LogP contribution < -0.4 is 0 Å². The van der Waals surface area contributed by atoms with Crippen molar-refractivity contribution in [3.8, 4) is 27.9 Å². The number of fused-ring (bicyclic) bond motifs is 5. The van der Waals surface area contributed by atoms with E-state index in [1.54, 1.807) is 0 Å². The Morgan fingerprint density at radius 2 is 1.20 bits per heavy atom. The predicted molar refractivity (Wildman–Crippen MR) is 242 cm³/mol. The zero-order chi connectivity index (χ0) is 38.2. The lowest BCUT2D eigenvalue weighted by atomic mass is 9.78. The van der Waals surface area contributed by atoms with Gasteiger partial charge >= 0.3 is 0 Å². The molecule has 0 aliphatic heterocycles. The van der Waals surface area contributed by atoms with Gasteiger partial charge in [-0.3, -0.25) is 0 Å². The van der Waals surface area contributed by atoms with Crippen LogP contribution in [0.3, 0.4) is 0 Å². The van der Waals surface area contributed by atoms with Crippen molar-refractivity contribution in [2.24, 2.45) is 0 Å². The number of benzene rings is 6. The average molecular weight is 708 g/mol. The second-order valence-electron chi connectivity index (χ2n) is 13.6. The van der Waals surface area contributed by atoms with E-state index < -0.39 is 0 Å². The minimum atomic E-state index is 0.971. The minimum Gasteiger partial charge on any atom is -0.309 e. The van der Waals surface area contributed by atoms with Crippen LogP contribution >= 0.6 is 0 Å². The van der Waals surface area contributed by atoms with E-state index in [9.17, 15) is 0 Å². The second kappa shape index (κ2) is 17.6. The van der Waals surface area contributed by atoms with Crippen LogP contribution in [0.4, 0.5) is 0 Å². The van der Waals surface area contributed by atoms with E-state index in [0.717, 1.165) is 32.1 Å². The summed E-state index contributed by atoms with van der Waals surface area (Å²) in [5, 5.41) is 6.56. The summed E-state index contributed by atoms with van der Waals surface area (Å²) in [5.74, 6) is 0. The van der Waals surface area contributed by atoms with Gasteiger partial charge in [-0.05, 0) is 122 Å². The maximum Gasteiger partial charge on any atom is 0.0537 e. The van der Waals surface area contributed by atoms with Crippen LogP contribution in [0.15, 0.2) is 122 Å². The molecule has 7 aromatic rings. The topological polar surface area (TPSA) is 4.93 Å². The smallest absolute Gasteiger partial charge is 0.0537 e. The zero-order valence-corrected chi connectivity index (χ0v) is 33.6. The van der Waals surface area contributed by atoms with E-state index in [1.165, 1.54) is 100 Å². The fourth-order valence-corrected chi connectivity index (χ4v) is 8.49. The Morgan fingerprint density at radius 1 is 0.611 bits per heavy atom. The average Bonchev–Trinajstić information content (AvgIpc) is 3.57. The third-order valence-corrected chi connectivity index (χ3v) is 10.5. The van der Waals surface area contributed by atoms with Gasteiger partial charge in [0.05, 0.1) is 11.2 Å². The molecule has 1 heteroatoms. The van der Waals surface area contributed by atoms with Gasteiger partial charge in [-0.2, -0.15) is 0 Å². The molecule has 0 N–H and O–H groups in total. The number of hydrogen-bond donors (Lipinski definition) is 0. The monoisotopic (exact) mass is 707 g/mol. The molecule has 0 saturated heterocycles. The van der Waals surface area contributed by atoms with Crippen molar-refractivity contribution in [1.82, 2.24) is 4.57 Å². The molecule has 2 aliphatic rings. The highest BCUT2D eigenvalue weighted by Gasteiger charge is 2.26. The molecule has 0 radical (unpaired) electrons. The molecule has 6 aromatic carbocycles. The molecule has 1 aromatic heterocycles. The van der Waals surface area contributed by atoms with Gasteiger partial charge in [0.15, 0.2) is 0 Å².